The minimum atomic E-state index is -1.13. The Morgan fingerprint density at radius 2 is 1.72 bits per heavy atom. The lowest BCUT2D eigenvalue weighted by atomic mass is 10.1. The molecule has 0 heterocycles. The molecule has 0 aliphatic rings. The molecule has 0 saturated carbocycles. The van der Waals surface area contributed by atoms with E-state index >= 15 is 0 Å². The van der Waals surface area contributed by atoms with Crippen LogP contribution < -0.4 is 14.8 Å². The lowest BCUT2D eigenvalue weighted by Gasteiger charge is -2.18. The minimum Gasteiger partial charge on any atom is -0.497 e. The van der Waals surface area contributed by atoms with Crippen LogP contribution in [0.25, 0.3) is 6.08 Å². The Bertz CT molecular complexity index is 1080. The van der Waals surface area contributed by atoms with Gasteiger partial charge in [0.15, 0.2) is 0 Å². The first-order chi connectivity index (χ1) is 15.6. The van der Waals surface area contributed by atoms with Gasteiger partial charge < -0.3 is 19.5 Å². The Balaban J connectivity index is 1.78. The fourth-order valence-electron chi connectivity index (χ4n) is 3.02. The second-order valence-corrected chi connectivity index (χ2v) is 6.76. The summed E-state index contributed by atoms with van der Waals surface area (Å²) >= 11 is 0. The Morgan fingerprint density at radius 1 is 0.969 bits per heavy atom. The first-order valence-corrected chi connectivity index (χ1v) is 10.2. The molecule has 1 N–H and O–H groups in total. The van der Waals surface area contributed by atoms with Gasteiger partial charge in [0, 0.05) is 11.6 Å². The van der Waals surface area contributed by atoms with Crippen molar-refractivity contribution in [2.45, 2.75) is 13.0 Å². The smallest absolute Gasteiger partial charge is 0.331 e. The molecule has 6 nitrogen and oxygen atoms in total. The van der Waals surface area contributed by atoms with E-state index in [0.29, 0.717) is 29.4 Å². The molecule has 0 saturated heterocycles. The maximum atomic E-state index is 13.1. The van der Waals surface area contributed by atoms with E-state index in [0.717, 1.165) is 5.56 Å². The van der Waals surface area contributed by atoms with Gasteiger partial charge in [0.25, 0.3) is 5.91 Å². The van der Waals surface area contributed by atoms with Gasteiger partial charge in [-0.1, -0.05) is 54.6 Å². The van der Waals surface area contributed by atoms with Gasteiger partial charge in [-0.3, -0.25) is 4.79 Å². The van der Waals surface area contributed by atoms with Crippen molar-refractivity contribution < 1.29 is 23.8 Å². The van der Waals surface area contributed by atoms with E-state index in [1.165, 1.54) is 6.08 Å². The molecule has 3 aromatic rings. The van der Waals surface area contributed by atoms with E-state index < -0.39 is 18.0 Å². The van der Waals surface area contributed by atoms with Crippen molar-refractivity contribution in [3.05, 3.63) is 96.1 Å². The van der Waals surface area contributed by atoms with Crippen LogP contribution >= 0.6 is 0 Å². The van der Waals surface area contributed by atoms with Crippen LogP contribution in [0.5, 0.6) is 11.5 Å². The van der Waals surface area contributed by atoms with Gasteiger partial charge in [0.1, 0.15) is 11.5 Å². The van der Waals surface area contributed by atoms with E-state index in [9.17, 15) is 9.59 Å². The SMILES string of the molecule is CCOc1ccccc1NC(=O)C(OC(=O)/C=C/c1cccc(OC)c1)c1ccccc1. The normalized spacial score (nSPS) is 11.6. The summed E-state index contributed by atoms with van der Waals surface area (Å²) in [6.07, 6.45) is 1.76. The van der Waals surface area contributed by atoms with Crippen molar-refractivity contribution >= 4 is 23.6 Å². The molecular weight excluding hydrogens is 406 g/mol. The number of para-hydroxylation sites is 2. The van der Waals surface area contributed by atoms with Crippen LogP contribution in [0.3, 0.4) is 0 Å². The summed E-state index contributed by atoms with van der Waals surface area (Å²) in [7, 11) is 1.57. The van der Waals surface area contributed by atoms with Gasteiger partial charge in [-0.15, -0.1) is 0 Å². The van der Waals surface area contributed by atoms with Gasteiger partial charge in [-0.05, 0) is 42.8 Å². The standard InChI is InChI=1S/C26H25NO5/c1-3-31-23-15-8-7-14-22(23)27-26(29)25(20-11-5-4-6-12-20)32-24(28)17-16-19-10-9-13-21(18-19)30-2/h4-18,25H,3H2,1-2H3,(H,27,29)/b17-16+. The van der Waals surface area contributed by atoms with Crippen molar-refractivity contribution in [3.63, 3.8) is 0 Å². The number of amides is 1. The van der Waals surface area contributed by atoms with Gasteiger partial charge in [-0.25, -0.2) is 4.79 Å². The molecular formula is C26H25NO5. The second kappa shape index (κ2) is 11.4. The van der Waals surface area contributed by atoms with Crippen LogP contribution in [0.4, 0.5) is 5.69 Å². The summed E-state index contributed by atoms with van der Waals surface area (Å²) < 4.78 is 16.3. The zero-order chi connectivity index (χ0) is 22.8. The fraction of sp³-hybridized carbons (Fsp3) is 0.154. The molecule has 0 bridgehead atoms. The van der Waals surface area contributed by atoms with E-state index in [4.69, 9.17) is 14.2 Å². The van der Waals surface area contributed by atoms with E-state index in [1.807, 2.05) is 37.3 Å². The minimum absolute atomic E-state index is 0.457. The third kappa shape index (κ3) is 6.22. The highest BCUT2D eigenvalue weighted by molar-refractivity contribution is 5.98. The summed E-state index contributed by atoms with van der Waals surface area (Å²) in [4.78, 5) is 25.6. The summed E-state index contributed by atoms with van der Waals surface area (Å²) in [6.45, 7) is 2.32. The highest BCUT2D eigenvalue weighted by Crippen LogP contribution is 2.27. The third-order valence-electron chi connectivity index (χ3n) is 4.52. The van der Waals surface area contributed by atoms with Crippen molar-refractivity contribution in [2.24, 2.45) is 0 Å². The zero-order valence-corrected chi connectivity index (χ0v) is 18.0. The largest absolute Gasteiger partial charge is 0.497 e. The van der Waals surface area contributed by atoms with Crippen LogP contribution in [0.2, 0.25) is 0 Å². The molecule has 0 aliphatic carbocycles. The summed E-state index contributed by atoms with van der Waals surface area (Å²) in [5.74, 6) is 0.0934. The van der Waals surface area contributed by atoms with Crippen LogP contribution in [-0.2, 0) is 14.3 Å². The Labute approximate surface area is 187 Å². The number of carbonyl (C=O) groups excluding carboxylic acids is 2. The summed E-state index contributed by atoms with van der Waals surface area (Å²) in [5, 5.41) is 2.81. The van der Waals surface area contributed by atoms with Gasteiger partial charge in [0.05, 0.1) is 19.4 Å². The number of hydrogen-bond donors (Lipinski definition) is 1. The first kappa shape index (κ1) is 22.6. The Morgan fingerprint density at radius 3 is 2.47 bits per heavy atom. The molecule has 1 unspecified atom stereocenters. The number of nitrogens with one attached hydrogen (secondary N) is 1. The zero-order valence-electron chi connectivity index (χ0n) is 18.0. The quantitative estimate of drug-likeness (QED) is 0.380. The average molecular weight is 431 g/mol. The number of carbonyl (C=O) groups is 2. The predicted molar refractivity (Wildman–Crippen MR) is 124 cm³/mol. The molecule has 0 aliphatic heterocycles. The molecule has 1 atom stereocenters. The maximum Gasteiger partial charge on any atom is 0.331 e. The van der Waals surface area contributed by atoms with E-state index in [2.05, 4.69) is 5.32 Å². The molecule has 0 aromatic heterocycles. The van der Waals surface area contributed by atoms with E-state index in [-0.39, 0.29) is 0 Å². The Kier molecular flexibility index (Phi) is 8.03. The number of esters is 1. The summed E-state index contributed by atoms with van der Waals surface area (Å²) in [6, 6.07) is 23.2. The predicted octanol–water partition coefficient (Wildman–Crippen LogP) is 5.03. The number of hydrogen-bond acceptors (Lipinski definition) is 5. The van der Waals surface area contributed by atoms with Crippen molar-refractivity contribution in [1.29, 1.82) is 0 Å². The van der Waals surface area contributed by atoms with Crippen LogP contribution in [0.1, 0.15) is 24.2 Å². The van der Waals surface area contributed by atoms with Crippen LogP contribution in [0, 0.1) is 0 Å². The molecule has 164 valence electrons. The molecule has 1 amide bonds. The molecule has 0 radical (unpaired) electrons. The number of rotatable bonds is 9. The highest BCUT2D eigenvalue weighted by atomic mass is 16.5. The molecule has 3 aromatic carbocycles. The molecule has 0 fully saturated rings. The van der Waals surface area contributed by atoms with Crippen LogP contribution in [0.15, 0.2) is 84.9 Å². The van der Waals surface area contributed by atoms with Crippen LogP contribution in [-0.4, -0.2) is 25.6 Å². The number of benzene rings is 3. The highest BCUT2D eigenvalue weighted by Gasteiger charge is 2.25. The van der Waals surface area contributed by atoms with E-state index in [1.54, 1.807) is 61.7 Å². The number of methoxy groups -OCH3 is 1. The second-order valence-electron chi connectivity index (χ2n) is 6.76. The van der Waals surface area contributed by atoms with Gasteiger partial charge >= 0.3 is 5.97 Å². The van der Waals surface area contributed by atoms with Gasteiger partial charge in [0.2, 0.25) is 6.10 Å². The van der Waals surface area contributed by atoms with Crippen molar-refractivity contribution in [1.82, 2.24) is 0 Å². The molecule has 0 spiro atoms. The Hall–Kier alpha value is -4.06. The molecule has 3 rings (SSSR count). The summed E-state index contributed by atoms with van der Waals surface area (Å²) in [5.41, 5.74) is 1.83. The van der Waals surface area contributed by atoms with Crippen molar-refractivity contribution in [2.75, 3.05) is 19.0 Å². The molecule has 6 heteroatoms. The topological polar surface area (TPSA) is 73.9 Å². The fourth-order valence-corrected chi connectivity index (χ4v) is 3.02. The molecule has 32 heavy (non-hydrogen) atoms. The van der Waals surface area contributed by atoms with Crippen molar-refractivity contribution in [3.8, 4) is 11.5 Å². The number of anilines is 1. The number of ether oxygens (including phenoxy) is 3. The van der Waals surface area contributed by atoms with Gasteiger partial charge in [-0.2, -0.15) is 0 Å². The lowest BCUT2D eigenvalue weighted by molar-refractivity contribution is -0.149. The third-order valence-corrected chi connectivity index (χ3v) is 4.52. The maximum absolute atomic E-state index is 13.1. The lowest BCUT2D eigenvalue weighted by Crippen LogP contribution is -2.25. The first-order valence-electron chi connectivity index (χ1n) is 10.2. The monoisotopic (exact) mass is 431 g/mol. The average Bonchev–Trinajstić information content (AvgIpc) is 2.83.